The first-order valence-electron chi connectivity index (χ1n) is 7.85. The standard InChI is InChI=1S/C19H16BrNO4S/c1-24-15-4-2-3-5-16(15)25-11-10-21-18(22)17(26-19(21)23)12-13-6-8-14(20)9-7-13/h2-9,12H,10-11H2,1H3/b17-12-. The molecule has 0 N–H and O–H groups in total. The number of amides is 2. The molecule has 1 fully saturated rings. The maximum atomic E-state index is 12.5. The maximum Gasteiger partial charge on any atom is 0.293 e. The van der Waals surface area contributed by atoms with Gasteiger partial charge in [-0.3, -0.25) is 14.5 Å². The molecule has 2 aromatic carbocycles. The summed E-state index contributed by atoms with van der Waals surface area (Å²) in [5, 5.41) is -0.290. The Balaban J connectivity index is 1.63. The zero-order chi connectivity index (χ0) is 18.5. The van der Waals surface area contributed by atoms with Crippen LogP contribution in [0.3, 0.4) is 0 Å². The van der Waals surface area contributed by atoms with Crippen molar-refractivity contribution in [3.8, 4) is 11.5 Å². The van der Waals surface area contributed by atoms with Gasteiger partial charge in [-0.25, -0.2) is 0 Å². The summed E-state index contributed by atoms with van der Waals surface area (Å²) in [6.07, 6.45) is 1.72. The van der Waals surface area contributed by atoms with Gasteiger partial charge in [0.1, 0.15) is 6.61 Å². The van der Waals surface area contributed by atoms with Gasteiger partial charge in [0.15, 0.2) is 11.5 Å². The van der Waals surface area contributed by atoms with Gasteiger partial charge in [0.25, 0.3) is 11.1 Å². The number of benzene rings is 2. The molecule has 7 heteroatoms. The lowest BCUT2D eigenvalue weighted by atomic mass is 10.2. The Labute approximate surface area is 164 Å². The molecule has 1 aliphatic heterocycles. The first kappa shape index (κ1) is 18.5. The monoisotopic (exact) mass is 433 g/mol. The van der Waals surface area contributed by atoms with E-state index >= 15 is 0 Å². The minimum atomic E-state index is -0.299. The van der Waals surface area contributed by atoms with Crippen molar-refractivity contribution in [2.45, 2.75) is 0 Å². The largest absolute Gasteiger partial charge is 0.493 e. The zero-order valence-corrected chi connectivity index (χ0v) is 16.4. The second-order valence-electron chi connectivity index (χ2n) is 5.38. The molecule has 2 amide bonds. The van der Waals surface area contributed by atoms with Gasteiger partial charge in [0, 0.05) is 4.47 Å². The third-order valence-corrected chi connectivity index (χ3v) is 5.12. The number of imide groups is 1. The summed E-state index contributed by atoms with van der Waals surface area (Å²) >= 11 is 4.31. The molecule has 0 aliphatic carbocycles. The number of nitrogens with zero attached hydrogens (tertiary/aromatic N) is 1. The molecule has 0 saturated carbocycles. The van der Waals surface area contributed by atoms with Crippen molar-refractivity contribution in [2.24, 2.45) is 0 Å². The highest BCUT2D eigenvalue weighted by molar-refractivity contribution is 9.10. The minimum Gasteiger partial charge on any atom is -0.493 e. The van der Waals surface area contributed by atoms with Gasteiger partial charge in [-0.2, -0.15) is 0 Å². The van der Waals surface area contributed by atoms with Gasteiger partial charge in [-0.05, 0) is 47.7 Å². The number of halogens is 1. The minimum absolute atomic E-state index is 0.181. The van der Waals surface area contributed by atoms with Crippen LogP contribution in [0.1, 0.15) is 5.56 Å². The molecule has 0 unspecified atom stereocenters. The highest BCUT2D eigenvalue weighted by Gasteiger charge is 2.34. The first-order chi connectivity index (χ1) is 12.6. The molecule has 0 bridgehead atoms. The van der Waals surface area contributed by atoms with E-state index in [1.165, 1.54) is 4.90 Å². The summed E-state index contributed by atoms with van der Waals surface area (Å²) in [6, 6.07) is 14.8. The summed E-state index contributed by atoms with van der Waals surface area (Å²) < 4.78 is 11.8. The van der Waals surface area contributed by atoms with Crippen molar-refractivity contribution in [1.29, 1.82) is 0 Å². The molecule has 2 aromatic rings. The Kier molecular flexibility index (Phi) is 6.00. The second kappa shape index (κ2) is 8.42. The van der Waals surface area contributed by atoms with E-state index in [4.69, 9.17) is 9.47 Å². The quantitative estimate of drug-likeness (QED) is 0.624. The summed E-state index contributed by atoms with van der Waals surface area (Å²) in [7, 11) is 1.56. The number of methoxy groups -OCH3 is 1. The van der Waals surface area contributed by atoms with Crippen molar-refractivity contribution >= 4 is 44.9 Å². The van der Waals surface area contributed by atoms with Gasteiger partial charge in [0.05, 0.1) is 18.6 Å². The van der Waals surface area contributed by atoms with Gasteiger partial charge in [-0.1, -0.05) is 40.2 Å². The molecular formula is C19H16BrNO4S. The van der Waals surface area contributed by atoms with E-state index in [0.717, 1.165) is 21.8 Å². The number of carbonyl (C=O) groups is 2. The smallest absolute Gasteiger partial charge is 0.293 e. The van der Waals surface area contributed by atoms with E-state index in [2.05, 4.69) is 15.9 Å². The molecule has 0 spiro atoms. The molecule has 3 rings (SSSR count). The van der Waals surface area contributed by atoms with E-state index in [1.807, 2.05) is 36.4 Å². The van der Waals surface area contributed by atoms with Crippen LogP contribution in [-0.4, -0.2) is 36.3 Å². The fraction of sp³-hybridized carbons (Fsp3) is 0.158. The van der Waals surface area contributed by atoms with Crippen LogP contribution in [0.4, 0.5) is 4.79 Å². The zero-order valence-electron chi connectivity index (χ0n) is 14.0. The number of ether oxygens (including phenoxy) is 2. The molecule has 5 nitrogen and oxygen atoms in total. The molecule has 1 saturated heterocycles. The van der Waals surface area contributed by atoms with E-state index in [9.17, 15) is 9.59 Å². The number of carbonyl (C=O) groups excluding carboxylic acids is 2. The topological polar surface area (TPSA) is 55.8 Å². The Morgan fingerprint density at radius 2 is 1.77 bits per heavy atom. The van der Waals surface area contributed by atoms with Gasteiger partial charge in [-0.15, -0.1) is 0 Å². The van der Waals surface area contributed by atoms with Gasteiger partial charge >= 0.3 is 0 Å². The van der Waals surface area contributed by atoms with Crippen LogP contribution in [0.15, 0.2) is 57.9 Å². The second-order valence-corrected chi connectivity index (χ2v) is 7.29. The van der Waals surface area contributed by atoms with Crippen molar-refractivity contribution in [3.05, 3.63) is 63.5 Å². The molecule has 1 aliphatic rings. The Morgan fingerprint density at radius 3 is 2.46 bits per heavy atom. The predicted molar refractivity (Wildman–Crippen MR) is 105 cm³/mol. The normalized spacial score (nSPS) is 15.6. The van der Waals surface area contributed by atoms with Crippen molar-refractivity contribution in [3.63, 3.8) is 0 Å². The molecule has 0 atom stereocenters. The van der Waals surface area contributed by atoms with Crippen LogP contribution in [-0.2, 0) is 4.79 Å². The number of para-hydroxylation sites is 2. The molecule has 0 radical (unpaired) electrons. The van der Waals surface area contributed by atoms with Crippen LogP contribution in [0.5, 0.6) is 11.5 Å². The lowest BCUT2D eigenvalue weighted by molar-refractivity contribution is -0.123. The van der Waals surface area contributed by atoms with Crippen LogP contribution >= 0.6 is 27.7 Å². The Bertz CT molecular complexity index is 851. The predicted octanol–water partition coefficient (Wildman–Crippen LogP) is 4.57. The number of hydrogen-bond acceptors (Lipinski definition) is 5. The van der Waals surface area contributed by atoms with Crippen molar-refractivity contribution < 1.29 is 19.1 Å². The van der Waals surface area contributed by atoms with Crippen molar-refractivity contribution in [2.75, 3.05) is 20.3 Å². The van der Waals surface area contributed by atoms with E-state index in [1.54, 1.807) is 25.3 Å². The van der Waals surface area contributed by atoms with Crippen LogP contribution in [0.25, 0.3) is 6.08 Å². The lowest BCUT2D eigenvalue weighted by Crippen LogP contribution is -2.32. The maximum absolute atomic E-state index is 12.5. The number of rotatable bonds is 6. The Morgan fingerprint density at radius 1 is 1.08 bits per heavy atom. The summed E-state index contributed by atoms with van der Waals surface area (Å²) in [4.78, 5) is 26.2. The molecule has 134 valence electrons. The third kappa shape index (κ3) is 4.28. The first-order valence-corrected chi connectivity index (χ1v) is 9.46. The summed E-state index contributed by atoms with van der Waals surface area (Å²) in [5.74, 6) is 0.885. The van der Waals surface area contributed by atoms with Gasteiger partial charge < -0.3 is 9.47 Å². The SMILES string of the molecule is COc1ccccc1OCCN1C(=O)S/C(=C\c2ccc(Br)cc2)C1=O. The van der Waals surface area contributed by atoms with E-state index in [0.29, 0.717) is 16.4 Å². The summed E-state index contributed by atoms with van der Waals surface area (Å²) in [6.45, 7) is 0.379. The molecule has 0 aromatic heterocycles. The lowest BCUT2D eigenvalue weighted by Gasteiger charge is -2.14. The van der Waals surface area contributed by atoms with Crippen LogP contribution in [0, 0.1) is 0 Å². The average Bonchev–Trinajstić information content (AvgIpc) is 2.91. The number of thioether (sulfide) groups is 1. The highest BCUT2D eigenvalue weighted by atomic mass is 79.9. The third-order valence-electron chi connectivity index (χ3n) is 3.68. The Hall–Kier alpha value is -2.25. The van der Waals surface area contributed by atoms with Crippen molar-refractivity contribution in [1.82, 2.24) is 4.90 Å². The molecular weight excluding hydrogens is 418 g/mol. The molecule has 26 heavy (non-hydrogen) atoms. The fourth-order valence-electron chi connectivity index (χ4n) is 2.39. The van der Waals surface area contributed by atoms with Crippen LogP contribution < -0.4 is 9.47 Å². The fourth-order valence-corrected chi connectivity index (χ4v) is 3.52. The van der Waals surface area contributed by atoms with Gasteiger partial charge in [0.2, 0.25) is 0 Å². The van der Waals surface area contributed by atoms with E-state index < -0.39 is 0 Å². The van der Waals surface area contributed by atoms with Crippen LogP contribution in [0.2, 0.25) is 0 Å². The average molecular weight is 434 g/mol. The van der Waals surface area contributed by atoms with E-state index in [-0.39, 0.29) is 24.3 Å². The molecule has 1 heterocycles. The summed E-state index contributed by atoms with van der Waals surface area (Å²) in [5.41, 5.74) is 0.865. The highest BCUT2D eigenvalue weighted by Crippen LogP contribution is 2.32. The number of hydrogen-bond donors (Lipinski definition) is 0.